The average molecular weight is 346 g/mol. The van der Waals surface area contributed by atoms with E-state index in [0.29, 0.717) is 12.3 Å². The van der Waals surface area contributed by atoms with Crippen LogP contribution in [0, 0.1) is 5.92 Å². The van der Waals surface area contributed by atoms with Crippen LogP contribution in [0.25, 0.3) is 0 Å². The molecule has 0 saturated heterocycles. The zero-order chi connectivity index (χ0) is 18.1. The van der Waals surface area contributed by atoms with Crippen molar-refractivity contribution in [3.8, 4) is 0 Å². The summed E-state index contributed by atoms with van der Waals surface area (Å²) in [6.07, 6.45) is 6.67. The fourth-order valence-corrected chi connectivity index (χ4v) is 3.74. The van der Waals surface area contributed by atoms with Crippen LogP contribution in [0.2, 0.25) is 0 Å². The molecule has 1 fully saturated rings. The number of carbonyl (C=O) groups excluding carboxylic acids is 2. The Morgan fingerprint density at radius 1 is 1.12 bits per heavy atom. The van der Waals surface area contributed by atoms with Gasteiger partial charge in [-0.2, -0.15) is 0 Å². The Labute approximate surface area is 150 Å². The molecular weight excluding hydrogens is 316 g/mol. The Morgan fingerprint density at radius 3 is 2.40 bits per heavy atom. The molecule has 2 amide bonds. The van der Waals surface area contributed by atoms with Gasteiger partial charge in [-0.25, -0.2) is 0 Å². The predicted octanol–water partition coefficient (Wildman–Crippen LogP) is 2.70. The van der Waals surface area contributed by atoms with Crippen molar-refractivity contribution in [1.29, 1.82) is 0 Å². The number of rotatable bonds is 8. The minimum absolute atomic E-state index is 0.0200. The SMILES string of the molecule is CC(=O)NC(CC(=O)NC(CCO)C1CCCCC1)c1ccccc1. The topological polar surface area (TPSA) is 78.4 Å². The van der Waals surface area contributed by atoms with Crippen molar-refractivity contribution in [2.24, 2.45) is 5.92 Å². The number of hydrogen-bond acceptors (Lipinski definition) is 3. The summed E-state index contributed by atoms with van der Waals surface area (Å²) in [4.78, 5) is 24.1. The minimum Gasteiger partial charge on any atom is -0.396 e. The van der Waals surface area contributed by atoms with Crippen LogP contribution in [0.5, 0.6) is 0 Å². The highest BCUT2D eigenvalue weighted by atomic mass is 16.3. The van der Waals surface area contributed by atoms with Gasteiger partial charge in [0, 0.05) is 19.6 Å². The van der Waals surface area contributed by atoms with Gasteiger partial charge in [0.05, 0.1) is 12.5 Å². The largest absolute Gasteiger partial charge is 0.396 e. The first-order valence-electron chi connectivity index (χ1n) is 9.32. The summed E-state index contributed by atoms with van der Waals surface area (Å²) in [6.45, 7) is 1.54. The lowest BCUT2D eigenvalue weighted by molar-refractivity contribution is -0.123. The third kappa shape index (κ3) is 6.50. The number of nitrogens with one attached hydrogen (secondary N) is 2. The first-order valence-corrected chi connectivity index (χ1v) is 9.32. The molecule has 0 spiro atoms. The second-order valence-electron chi connectivity index (χ2n) is 6.95. The molecule has 2 atom stereocenters. The van der Waals surface area contributed by atoms with E-state index in [9.17, 15) is 14.7 Å². The summed E-state index contributed by atoms with van der Waals surface area (Å²) in [5.41, 5.74) is 0.921. The summed E-state index contributed by atoms with van der Waals surface area (Å²) in [5, 5.41) is 15.3. The number of aliphatic hydroxyl groups excluding tert-OH is 1. The van der Waals surface area contributed by atoms with Crippen molar-refractivity contribution >= 4 is 11.8 Å². The lowest BCUT2D eigenvalue weighted by Gasteiger charge is -2.31. The maximum atomic E-state index is 12.6. The number of amides is 2. The molecule has 5 nitrogen and oxygen atoms in total. The van der Waals surface area contributed by atoms with Gasteiger partial charge in [0.2, 0.25) is 11.8 Å². The van der Waals surface area contributed by atoms with Crippen LogP contribution in [0.3, 0.4) is 0 Å². The van der Waals surface area contributed by atoms with E-state index in [1.54, 1.807) is 0 Å². The van der Waals surface area contributed by atoms with Gasteiger partial charge >= 0.3 is 0 Å². The summed E-state index contributed by atoms with van der Waals surface area (Å²) < 4.78 is 0. The first-order chi connectivity index (χ1) is 12.1. The Morgan fingerprint density at radius 2 is 1.80 bits per heavy atom. The molecule has 0 heterocycles. The Hall–Kier alpha value is -1.88. The number of benzene rings is 1. The lowest BCUT2D eigenvalue weighted by Crippen LogP contribution is -2.43. The molecule has 25 heavy (non-hydrogen) atoms. The summed E-state index contributed by atoms with van der Waals surface area (Å²) in [5.74, 6) is 0.216. The van der Waals surface area contributed by atoms with E-state index in [1.165, 1.54) is 26.2 Å². The fourth-order valence-electron chi connectivity index (χ4n) is 3.74. The number of carbonyl (C=O) groups is 2. The van der Waals surface area contributed by atoms with Crippen LogP contribution in [-0.4, -0.2) is 29.6 Å². The molecule has 3 N–H and O–H groups in total. The summed E-state index contributed by atoms with van der Waals surface area (Å²) in [6, 6.07) is 9.23. The zero-order valence-electron chi connectivity index (χ0n) is 15.0. The van der Waals surface area contributed by atoms with E-state index in [1.807, 2.05) is 30.3 Å². The van der Waals surface area contributed by atoms with E-state index in [4.69, 9.17) is 0 Å². The fraction of sp³-hybridized carbons (Fsp3) is 0.600. The van der Waals surface area contributed by atoms with Gasteiger partial charge in [-0.15, -0.1) is 0 Å². The van der Waals surface area contributed by atoms with Crippen LogP contribution in [-0.2, 0) is 9.59 Å². The van der Waals surface area contributed by atoms with Crippen LogP contribution < -0.4 is 10.6 Å². The highest BCUT2D eigenvalue weighted by Gasteiger charge is 2.26. The van der Waals surface area contributed by atoms with Crippen LogP contribution in [0.15, 0.2) is 30.3 Å². The van der Waals surface area contributed by atoms with Crippen LogP contribution in [0.4, 0.5) is 0 Å². The summed E-state index contributed by atoms with van der Waals surface area (Å²) in [7, 11) is 0. The zero-order valence-corrected chi connectivity index (χ0v) is 15.0. The van der Waals surface area contributed by atoms with E-state index in [2.05, 4.69) is 10.6 Å². The molecule has 0 bridgehead atoms. The van der Waals surface area contributed by atoms with Crippen molar-refractivity contribution in [3.63, 3.8) is 0 Å². The van der Waals surface area contributed by atoms with Gasteiger partial charge in [0.1, 0.15) is 0 Å². The molecule has 2 unspecified atom stereocenters. The highest BCUT2D eigenvalue weighted by molar-refractivity contribution is 5.79. The first kappa shape index (κ1) is 19.4. The second-order valence-corrected chi connectivity index (χ2v) is 6.95. The standard InChI is InChI=1S/C20H30N2O3/c1-15(24)21-19(17-10-6-3-7-11-17)14-20(25)22-18(12-13-23)16-8-4-2-5-9-16/h3,6-7,10-11,16,18-19,23H,2,4-5,8-9,12-14H2,1H3,(H,21,24)(H,22,25). The van der Waals surface area contributed by atoms with Crippen LogP contribution >= 0.6 is 0 Å². The van der Waals surface area contributed by atoms with Gasteiger partial charge in [-0.1, -0.05) is 49.6 Å². The molecule has 0 aliphatic heterocycles. The third-order valence-corrected chi connectivity index (χ3v) is 4.97. The van der Waals surface area contributed by atoms with Crippen LogP contribution in [0.1, 0.15) is 63.5 Å². The van der Waals surface area contributed by atoms with Crippen molar-refractivity contribution in [3.05, 3.63) is 35.9 Å². The normalized spacial score (nSPS) is 17.5. The molecule has 1 aliphatic rings. The second kappa shape index (κ2) is 10.2. The number of aliphatic hydroxyl groups is 1. The molecule has 2 rings (SSSR count). The van der Waals surface area contributed by atoms with Crippen molar-refractivity contribution in [1.82, 2.24) is 10.6 Å². The van der Waals surface area contributed by atoms with Gasteiger partial charge in [-0.3, -0.25) is 9.59 Å². The maximum absolute atomic E-state index is 12.6. The Balaban J connectivity index is 1.99. The van der Waals surface area contributed by atoms with Crippen molar-refractivity contribution in [2.75, 3.05) is 6.61 Å². The third-order valence-electron chi connectivity index (χ3n) is 4.97. The van der Waals surface area contributed by atoms with E-state index >= 15 is 0 Å². The van der Waals surface area contributed by atoms with Gasteiger partial charge < -0.3 is 15.7 Å². The Kier molecular flexibility index (Phi) is 7.92. The molecule has 0 aromatic heterocycles. The molecule has 138 valence electrons. The number of hydrogen-bond donors (Lipinski definition) is 3. The quantitative estimate of drug-likeness (QED) is 0.677. The molecule has 1 aliphatic carbocycles. The average Bonchev–Trinajstić information content (AvgIpc) is 2.62. The highest BCUT2D eigenvalue weighted by Crippen LogP contribution is 2.28. The van der Waals surface area contributed by atoms with Crippen molar-refractivity contribution < 1.29 is 14.7 Å². The molecular formula is C20H30N2O3. The van der Waals surface area contributed by atoms with Gasteiger partial charge in [0.25, 0.3) is 0 Å². The van der Waals surface area contributed by atoms with Gasteiger partial charge in [-0.05, 0) is 30.7 Å². The molecule has 5 heteroatoms. The Bertz CT molecular complexity index is 541. The molecule has 1 saturated carbocycles. The molecule has 1 aromatic carbocycles. The molecule has 0 radical (unpaired) electrons. The molecule has 1 aromatic rings. The van der Waals surface area contributed by atoms with E-state index in [0.717, 1.165) is 18.4 Å². The van der Waals surface area contributed by atoms with E-state index < -0.39 is 0 Å². The minimum atomic E-state index is -0.333. The van der Waals surface area contributed by atoms with Gasteiger partial charge in [0.15, 0.2) is 0 Å². The smallest absolute Gasteiger partial charge is 0.222 e. The van der Waals surface area contributed by atoms with Crippen molar-refractivity contribution in [2.45, 2.75) is 64.0 Å². The lowest BCUT2D eigenvalue weighted by atomic mass is 9.82. The monoisotopic (exact) mass is 346 g/mol. The maximum Gasteiger partial charge on any atom is 0.222 e. The summed E-state index contributed by atoms with van der Waals surface area (Å²) >= 11 is 0. The van der Waals surface area contributed by atoms with E-state index in [-0.39, 0.29) is 36.9 Å². The predicted molar refractivity (Wildman–Crippen MR) is 97.8 cm³/mol.